The monoisotopic (exact) mass is 386 g/mol. The Morgan fingerprint density at radius 2 is 1.64 bits per heavy atom. The summed E-state index contributed by atoms with van der Waals surface area (Å²) in [5, 5.41) is 10.3. The Labute approximate surface area is 167 Å². The van der Waals surface area contributed by atoms with E-state index in [1.165, 1.54) is 5.69 Å². The smallest absolute Gasteiger partial charge is 0.120 e. The predicted molar refractivity (Wildman–Crippen MR) is 110 cm³/mol. The molecule has 0 bridgehead atoms. The van der Waals surface area contributed by atoms with Gasteiger partial charge in [-0.2, -0.15) is 0 Å². The Morgan fingerprint density at radius 1 is 0.929 bits per heavy atom. The molecule has 1 fully saturated rings. The zero-order valence-electron chi connectivity index (χ0n) is 16.7. The average molecular weight is 386 g/mol. The molecule has 0 aromatic heterocycles. The molecule has 2 aromatic carbocycles. The molecule has 0 aliphatic carbocycles. The van der Waals surface area contributed by atoms with E-state index in [1.807, 2.05) is 36.4 Å². The van der Waals surface area contributed by atoms with Crippen LogP contribution in [0.2, 0.25) is 0 Å². The fourth-order valence-corrected chi connectivity index (χ4v) is 3.38. The van der Waals surface area contributed by atoms with E-state index in [9.17, 15) is 5.11 Å². The Morgan fingerprint density at radius 3 is 2.32 bits per heavy atom. The number of β-amino-alcohol motifs (C(OH)–C–C–N with tert-alkyl or cyclic N) is 1. The highest BCUT2D eigenvalue weighted by molar-refractivity contribution is 5.51. The summed E-state index contributed by atoms with van der Waals surface area (Å²) in [6.45, 7) is 5.18. The molecule has 1 unspecified atom stereocenters. The number of ether oxygens (including phenoxy) is 3. The lowest BCUT2D eigenvalue weighted by Crippen LogP contribution is -2.49. The molecule has 152 valence electrons. The summed E-state index contributed by atoms with van der Waals surface area (Å²) >= 11 is 0. The zero-order valence-corrected chi connectivity index (χ0v) is 16.7. The normalized spacial score (nSPS) is 16.0. The number of nitrogens with zero attached hydrogens (tertiary/aromatic N) is 2. The highest BCUT2D eigenvalue weighted by atomic mass is 16.5. The van der Waals surface area contributed by atoms with E-state index >= 15 is 0 Å². The van der Waals surface area contributed by atoms with Crippen LogP contribution in [0.3, 0.4) is 0 Å². The first kappa shape index (κ1) is 20.5. The number of methoxy groups -OCH3 is 2. The van der Waals surface area contributed by atoms with Crippen LogP contribution in [0.25, 0.3) is 0 Å². The minimum Gasteiger partial charge on any atom is -0.497 e. The van der Waals surface area contributed by atoms with Crippen LogP contribution in [0, 0.1) is 0 Å². The Bertz CT molecular complexity index is 715. The summed E-state index contributed by atoms with van der Waals surface area (Å²) in [7, 11) is 3.34. The molecule has 1 atom stereocenters. The highest BCUT2D eigenvalue weighted by Crippen LogP contribution is 2.22. The van der Waals surface area contributed by atoms with Crippen molar-refractivity contribution in [3.05, 3.63) is 54.1 Å². The highest BCUT2D eigenvalue weighted by Gasteiger charge is 2.19. The third kappa shape index (κ3) is 5.86. The second kappa shape index (κ2) is 10.3. The van der Waals surface area contributed by atoms with Gasteiger partial charge in [-0.1, -0.05) is 18.2 Å². The van der Waals surface area contributed by atoms with E-state index in [0.29, 0.717) is 19.8 Å². The van der Waals surface area contributed by atoms with Crippen molar-refractivity contribution in [2.45, 2.75) is 12.7 Å². The molecule has 6 nitrogen and oxygen atoms in total. The fourth-order valence-electron chi connectivity index (χ4n) is 3.38. The van der Waals surface area contributed by atoms with Crippen molar-refractivity contribution in [3.8, 4) is 11.5 Å². The maximum Gasteiger partial charge on any atom is 0.120 e. The lowest BCUT2D eigenvalue weighted by Gasteiger charge is -2.37. The molecule has 0 amide bonds. The number of rotatable bonds is 9. The van der Waals surface area contributed by atoms with Crippen LogP contribution in [0.4, 0.5) is 5.69 Å². The molecule has 0 spiro atoms. The van der Waals surface area contributed by atoms with E-state index in [4.69, 9.17) is 14.2 Å². The number of aliphatic hydroxyl groups is 1. The Hall–Kier alpha value is -2.28. The van der Waals surface area contributed by atoms with Crippen LogP contribution < -0.4 is 14.4 Å². The van der Waals surface area contributed by atoms with E-state index in [1.54, 1.807) is 14.2 Å². The van der Waals surface area contributed by atoms with Gasteiger partial charge in [0.1, 0.15) is 11.5 Å². The molecule has 0 saturated carbocycles. The second-order valence-electron chi connectivity index (χ2n) is 7.01. The molecule has 3 rings (SSSR count). The summed E-state index contributed by atoms with van der Waals surface area (Å²) in [6.07, 6.45) is -0.485. The van der Waals surface area contributed by atoms with Gasteiger partial charge in [-0.25, -0.2) is 0 Å². The molecule has 1 saturated heterocycles. The summed E-state index contributed by atoms with van der Waals surface area (Å²) < 4.78 is 16.1. The fraction of sp³-hybridized carbons (Fsp3) is 0.455. The third-order valence-electron chi connectivity index (χ3n) is 5.00. The first-order chi connectivity index (χ1) is 13.7. The molecule has 28 heavy (non-hydrogen) atoms. The number of hydrogen-bond donors (Lipinski definition) is 1. The number of aliphatic hydroxyl groups excluding tert-OH is 1. The van der Waals surface area contributed by atoms with Gasteiger partial charge >= 0.3 is 0 Å². The van der Waals surface area contributed by atoms with Gasteiger partial charge in [0.15, 0.2) is 0 Å². The number of anilines is 1. The van der Waals surface area contributed by atoms with Crippen molar-refractivity contribution in [1.82, 2.24) is 4.90 Å². The van der Waals surface area contributed by atoms with Gasteiger partial charge in [0.25, 0.3) is 0 Å². The minimum absolute atomic E-state index is 0.335. The SMILES string of the molecule is COc1ccc(COCC(O)CN2CCN(c3cccc(OC)c3)CC2)cc1. The summed E-state index contributed by atoms with van der Waals surface area (Å²) in [5.74, 6) is 1.71. The summed E-state index contributed by atoms with van der Waals surface area (Å²) in [6, 6.07) is 15.9. The van der Waals surface area contributed by atoms with Gasteiger partial charge in [0, 0.05) is 44.5 Å². The molecule has 6 heteroatoms. The van der Waals surface area contributed by atoms with Crippen LogP contribution in [-0.4, -0.2) is 69.7 Å². The third-order valence-corrected chi connectivity index (χ3v) is 5.00. The molecule has 1 aliphatic rings. The molecule has 0 radical (unpaired) electrons. The maximum absolute atomic E-state index is 10.3. The van der Waals surface area contributed by atoms with Crippen molar-refractivity contribution in [2.75, 3.05) is 58.5 Å². The van der Waals surface area contributed by atoms with Crippen molar-refractivity contribution in [3.63, 3.8) is 0 Å². The van der Waals surface area contributed by atoms with Gasteiger partial charge in [-0.05, 0) is 29.8 Å². The topological polar surface area (TPSA) is 54.4 Å². The summed E-state index contributed by atoms with van der Waals surface area (Å²) in [5.41, 5.74) is 2.25. The number of piperazine rings is 1. The standard InChI is InChI=1S/C22H30N2O4/c1-26-21-8-6-18(7-9-21)16-28-17-20(25)15-23-10-12-24(13-11-23)19-4-3-5-22(14-19)27-2/h3-9,14,20,25H,10-13,15-17H2,1-2H3. The lowest BCUT2D eigenvalue weighted by molar-refractivity contribution is 0.00913. The average Bonchev–Trinajstić information content (AvgIpc) is 2.75. The molecular weight excluding hydrogens is 356 g/mol. The lowest BCUT2D eigenvalue weighted by atomic mass is 10.2. The Balaban J connectivity index is 1.36. The first-order valence-corrected chi connectivity index (χ1v) is 9.68. The van der Waals surface area contributed by atoms with Crippen molar-refractivity contribution >= 4 is 5.69 Å². The second-order valence-corrected chi connectivity index (χ2v) is 7.01. The first-order valence-electron chi connectivity index (χ1n) is 9.68. The number of benzene rings is 2. The molecular formula is C22H30N2O4. The van der Waals surface area contributed by atoms with Crippen molar-refractivity contribution in [1.29, 1.82) is 0 Å². The molecule has 1 aliphatic heterocycles. The van der Waals surface area contributed by atoms with Gasteiger partial charge < -0.3 is 24.2 Å². The maximum atomic E-state index is 10.3. The number of hydrogen-bond acceptors (Lipinski definition) is 6. The van der Waals surface area contributed by atoms with Crippen molar-refractivity contribution < 1.29 is 19.3 Å². The molecule has 1 heterocycles. The molecule has 2 aromatic rings. The van der Waals surface area contributed by atoms with Crippen LogP contribution in [0.5, 0.6) is 11.5 Å². The summed E-state index contributed by atoms with van der Waals surface area (Å²) in [4.78, 5) is 4.64. The van der Waals surface area contributed by atoms with Gasteiger partial charge in [-0.3, -0.25) is 4.90 Å². The minimum atomic E-state index is -0.485. The van der Waals surface area contributed by atoms with Gasteiger partial charge in [0.2, 0.25) is 0 Å². The van der Waals surface area contributed by atoms with Gasteiger partial charge in [0.05, 0.1) is 33.5 Å². The Kier molecular flexibility index (Phi) is 7.54. The molecule has 1 N–H and O–H groups in total. The van der Waals surface area contributed by atoms with E-state index in [0.717, 1.165) is 43.2 Å². The van der Waals surface area contributed by atoms with Crippen LogP contribution in [0.15, 0.2) is 48.5 Å². The van der Waals surface area contributed by atoms with Crippen LogP contribution in [-0.2, 0) is 11.3 Å². The van der Waals surface area contributed by atoms with Gasteiger partial charge in [-0.15, -0.1) is 0 Å². The van der Waals surface area contributed by atoms with E-state index in [-0.39, 0.29) is 0 Å². The van der Waals surface area contributed by atoms with E-state index < -0.39 is 6.10 Å². The van der Waals surface area contributed by atoms with E-state index in [2.05, 4.69) is 21.9 Å². The quantitative estimate of drug-likeness (QED) is 0.714. The van der Waals surface area contributed by atoms with Crippen molar-refractivity contribution in [2.24, 2.45) is 0 Å². The van der Waals surface area contributed by atoms with Crippen LogP contribution in [0.1, 0.15) is 5.56 Å². The predicted octanol–water partition coefficient (Wildman–Crippen LogP) is 2.40. The zero-order chi connectivity index (χ0) is 19.8. The van der Waals surface area contributed by atoms with Crippen LogP contribution >= 0.6 is 0 Å². The largest absolute Gasteiger partial charge is 0.497 e.